The van der Waals surface area contributed by atoms with E-state index >= 15 is 0 Å². The van der Waals surface area contributed by atoms with Crippen LogP contribution in [0.4, 0.5) is 4.39 Å². The number of thioether (sulfide) groups is 1. The molecule has 0 heterocycles. The van der Waals surface area contributed by atoms with Crippen molar-refractivity contribution in [2.24, 2.45) is 0 Å². The van der Waals surface area contributed by atoms with Gasteiger partial charge in [-0.15, -0.1) is 0 Å². The molecule has 0 amide bonds. The van der Waals surface area contributed by atoms with Crippen molar-refractivity contribution in [1.82, 2.24) is 0 Å². The number of halogens is 1. The van der Waals surface area contributed by atoms with Crippen LogP contribution in [0, 0.1) is 17.1 Å². The predicted molar refractivity (Wildman–Crippen MR) is 53.1 cm³/mol. The van der Waals surface area contributed by atoms with Crippen LogP contribution < -0.4 is 0 Å². The Morgan fingerprint density at radius 2 is 2.36 bits per heavy atom. The van der Waals surface area contributed by atoms with E-state index in [4.69, 9.17) is 5.26 Å². The van der Waals surface area contributed by atoms with E-state index in [1.54, 1.807) is 0 Å². The maximum absolute atomic E-state index is 12.8. The number of nitrogens with zero attached hydrogens (tertiary/aromatic N) is 1. The van der Waals surface area contributed by atoms with Gasteiger partial charge in [-0.05, 0) is 23.8 Å². The SMILES string of the molecule is CC(=O)SCc1cc(F)ccc1C#N. The summed E-state index contributed by atoms with van der Waals surface area (Å²) in [4.78, 5) is 10.7. The van der Waals surface area contributed by atoms with Crippen molar-refractivity contribution >= 4 is 16.9 Å². The molecule has 1 aromatic rings. The summed E-state index contributed by atoms with van der Waals surface area (Å²) in [6.45, 7) is 1.44. The number of rotatable bonds is 2. The molecule has 0 atom stereocenters. The van der Waals surface area contributed by atoms with Crippen molar-refractivity contribution in [2.45, 2.75) is 12.7 Å². The van der Waals surface area contributed by atoms with Gasteiger partial charge in [0.05, 0.1) is 11.6 Å². The number of carbonyl (C=O) groups is 1. The highest BCUT2D eigenvalue weighted by Crippen LogP contribution is 2.17. The van der Waals surface area contributed by atoms with Crippen molar-refractivity contribution < 1.29 is 9.18 Å². The van der Waals surface area contributed by atoms with Crippen LogP contribution in [0.5, 0.6) is 0 Å². The molecule has 0 radical (unpaired) electrons. The Hall–Kier alpha value is -1.34. The zero-order valence-corrected chi connectivity index (χ0v) is 8.40. The zero-order valence-electron chi connectivity index (χ0n) is 7.58. The molecular formula is C10H8FNOS. The Morgan fingerprint density at radius 1 is 1.64 bits per heavy atom. The third-order valence-electron chi connectivity index (χ3n) is 1.62. The highest BCUT2D eigenvalue weighted by Gasteiger charge is 2.05. The molecule has 1 aromatic carbocycles. The van der Waals surface area contributed by atoms with Gasteiger partial charge in [0.2, 0.25) is 0 Å². The third-order valence-corrected chi connectivity index (χ3v) is 2.48. The maximum Gasteiger partial charge on any atom is 0.186 e. The van der Waals surface area contributed by atoms with E-state index in [-0.39, 0.29) is 10.9 Å². The summed E-state index contributed by atoms with van der Waals surface area (Å²) in [5.74, 6) is -0.0427. The van der Waals surface area contributed by atoms with Crippen LogP contribution in [0.3, 0.4) is 0 Å². The highest BCUT2D eigenvalue weighted by molar-refractivity contribution is 8.12. The first-order valence-electron chi connectivity index (χ1n) is 3.95. The third kappa shape index (κ3) is 2.86. The first-order valence-corrected chi connectivity index (χ1v) is 4.94. The second-order valence-electron chi connectivity index (χ2n) is 2.69. The molecule has 0 aromatic heterocycles. The van der Waals surface area contributed by atoms with Gasteiger partial charge in [0.25, 0.3) is 0 Å². The van der Waals surface area contributed by atoms with Crippen LogP contribution in [0.2, 0.25) is 0 Å². The quantitative estimate of drug-likeness (QED) is 0.751. The molecule has 0 N–H and O–H groups in total. The number of benzene rings is 1. The minimum absolute atomic E-state index is 0.0434. The summed E-state index contributed by atoms with van der Waals surface area (Å²) in [5, 5.41) is 8.66. The van der Waals surface area contributed by atoms with Crippen molar-refractivity contribution in [3.63, 3.8) is 0 Å². The first-order chi connectivity index (χ1) is 6.63. The normalized spacial score (nSPS) is 9.50. The van der Waals surface area contributed by atoms with Gasteiger partial charge < -0.3 is 0 Å². The van der Waals surface area contributed by atoms with E-state index in [2.05, 4.69) is 0 Å². The smallest absolute Gasteiger partial charge is 0.186 e. The molecule has 0 spiro atoms. The van der Waals surface area contributed by atoms with Gasteiger partial charge in [0, 0.05) is 12.7 Å². The fourth-order valence-electron chi connectivity index (χ4n) is 0.970. The molecule has 1 rings (SSSR count). The molecule has 0 aliphatic rings. The number of nitriles is 1. The molecule has 0 aliphatic carbocycles. The van der Waals surface area contributed by atoms with Crippen molar-refractivity contribution in [1.29, 1.82) is 5.26 Å². The van der Waals surface area contributed by atoms with E-state index < -0.39 is 0 Å². The first kappa shape index (κ1) is 10.7. The van der Waals surface area contributed by atoms with Crippen LogP contribution in [0.25, 0.3) is 0 Å². The average molecular weight is 209 g/mol. The average Bonchev–Trinajstić information content (AvgIpc) is 2.15. The zero-order chi connectivity index (χ0) is 10.6. The minimum Gasteiger partial charge on any atom is -0.288 e. The summed E-state index contributed by atoms with van der Waals surface area (Å²) in [5.41, 5.74) is 0.979. The fraction of sp³-hybridized carbons (Fsp3) is 0.200. The van der Waals surface area contributed by atoms with Gasteiger partial charge in [-0.2, -0.15) is 5.26 Å². The largest absolute Gasteiger partial charge is 0.288 e. The van der Waals surface area contributed by atoms with Gasteiger partial charge in [-0.1, -0.05) is 11.8 Å². The molecule has 2 nitrogen and oxygen atoms in total. The molecule has 14 heavy (non-hydrogen) atoms. The molecule has 0 unspecified atom stereocenters. The van der Waals surface area contributed by atoms with Gasteiger partial charge in [-0.25, -0.2) is 4.39 Å². The van der Waals surface area contributed by atoms with Crippen LogP contribution in [-0.2, 0) is 10.5 Å². The summed E-state index contributed by atoms with van der Waals surface area (Å²) >= 11 is 1.07. The second-order valence-corrected chi connectivity index (χ2v) is 3.85. The lowest BCUT2D eigenvalue weighted by atomic mass is 10.1. The Kier molecular flexibility index (Phi) is 3.66. The minimum atomic E-state index is -0.386. The van der Waals surface area contributed by atoms with E-state index in [9.17, 15) is 9.18 Å². The maximum atomic E-state index is 12.8. The van der Waals surface area contributed by atoms with Crippen LogP contribution in [0.15, 0.2) is 18.2 Å². The van der Waals surface area contributed by atoms with E-state index in [0.29, 0.717) is 16.9 Å². The second kappa shape index (κ2) is 4.77. The molecule has 0 aliphatic heterocycles. The van der Waals surface area contributed by atoms with E-state index in [0.717, 1.165) is 11.8 Å². The van der Waals surface area contributed by atoms with E-state index in [1.165, 1.54) is 25.1 Å². The monoisotopic (exact) mass is 209 g/mol. The Morgan fingerprint density at radius 3 is 2.93 bits per heavy atom. The lowest BCUT2D eigenvalue weighted by Crippen LogP contribution is -1.91. The van der Waals surface area contributed by atoms with Crippen LogP contribution >= 0.6 is 11.8 Å². The molecule has 0 fully saturated rings. The van der Waals surface area contributed by atoms with Crippen LogP contribution in [0.1, 0.15) is 18.1 Å². The summed E-state index contributed by atoms with van der Waals surface area (Å²) in [6, 6.07) is 5.90. The Bertz CT molecular complexity index is 398. The van der Waals surface area contributed by atoms with Crippen molar-refractivity contribution in [3.05, 3.63) is 35.1 Å². The van der Waals surface area contributed by atoms with E-state index in [1.807, 2.05) is 6.07 Å². The van der Waals surface area contributed by atoms with Crippen molar-refractivity contribution in [2.75, 3.05) is 0 Å². The molecule has 0 saturated carbocycles. The summed E-state index contributed by atoms with van der Waals surface area (Å²) in [6.07, 6.45) is 0. The number of carbonyl (C=O) groups excluding carboxylic acids is 1. The summed E-state index contributed by atoms with van der Waals surface area (Å²) < 4.78 is 12.8. The van der Waals surface area contributed by atoms with Crippen LogP contribution in [-0.4, -0.2) is 5.12 Å². The Balaban J connectivity index is 2.89. The number of hydrogen-bond donors (Lipinski definition) is 0. The topological polar surface area (TPSA) is 40.9 Å². The Labute approximate surface area is 85.7 Å². The molecule has 0 saturated heterocycles. The molecule has 72 valence electrons. The summed E-state index contributed by atoms with van der Waals surface area (Å²) in [7, 11) is 0. The van der Waals surface area contributed by atoms with Crippen molar-refractivity contribution in [3.8, 4) is 6.07 Å². The lowest BCUT2D eigenvalue weighted by molar-refractivity contribution is -0.109. The molecular weight excluding hydrogens is 201 g/mol. The predicted octanol–water partition coefficient (Wildman–Crippen LogP) is 2.48. The van der Waals surface area contributed by atoms with Gasteiger partial charge in [-0.3, -0.25) is 4.79 Å². The van der Waals surface area contributed by atoms with Gasteiger partial charge in [0.15, 0.2) is 5.12 Å². The lowest BCUT2D eigenvalue weighted by Gasteiger charge is -2.01. The highest BCUT2D eigenvalue weighted by atomic mass is 32.2. The standard InChI is InChI=1S/C10H8FNOS/c1-7(13)14-6-9-4-10(11)3-2-8(9)5-12/h2-4H,6H2,1H3. The van der Waals surface area contributed by atoms with Gasteiger partial charge in [0.1, 0.15) is 5.82 Å². The molecule has 0 bridgehead atoms. The molecule has 4 heteroatoms. The number of hydrogen-bond acceptors (Lipinski definition) is 3. The fourth-order valence-corrected chi connectivity index (χ4v) is 1.57. The van der Waals surface area contributed by atoms with Gasteiger partial charge >= 0.3 is 0 Å².